The van der Waals surface area contributed by atoms with Crippen LogP contribution in [0.5, 0.6) is 0 Å². The zero-order valence-electron chi connectivity index (χ0n) is 10.5. The van der Waals surface area contributed by atoms with Gasteiger partial charge in [0.25, 0.3) is 5.91 Å². The third-order valence-corrected chi connectivity index (χ3v) is 4.43. The normalized spacial score (nSPS) is 24.0. The predicted molar refractivity (Wildman–Crippen MR) is 69.9 cm³/mol. The van der Waals surface area contributed by atoms with E-state index in [-0.39, 0.29) is 11.9 Å². The summed E-state index contributed by atoms with van der Waals surface area (Å²) in [5, 5.41) is 9.06. The topological polar surface area (TPSA) is 57.6 Å². The molecule has 0 aliphatic carbocycles. The average Bonchev–Trinajstić information content (AvgIpc) is 2.75. The maximum absolute atomic E-state index is 12.3. The van der Waals surface area contributed by atoms with Crippen molar-refractivity contribution in [1.82, 2.24) is 4.90 Å². The van der Waals surface area contributed by atoms with Gasteiger partial charge in [0.1, 0.15) is 0 Å². The average molecular weight is 267 g/mol. The summed E-state index contributed by atoms with van der Waals surface area (Å²) in [6, 6.07) is 3.86. The molecule has 0 spiro atoms. The number of nitrogens with zero attached hydrogens (tertiary/aromatic N) is 1. The summed E-state index contributed by atoms with van der Waals surface area (Å²) in [7, 11) is 0. The first-order valence-corrected chi connectivity index (χ1v) is 6.91. The Labute approximate surface area is 110 Å². The molecule has 4 nitrogen and oxygen atoms in total. The third kappa shape index (κ3) is 2.56. The molecule has 1 aromatic heterocycles. The molecule has 1 aliphatic rings. The number of hydrogen-bond acceptors (Lipinski definition) is 3. The van der Waals surface area contributed by atoms with Gasteiger partial charge in [-0.3, -0.25) is 9.59 Å². The summed E-state index contributed by atoms with van der Waals surface area (Å²) in [6.45, 7) is 4.27. The zero-order valence-corrected chi connectivity index (χ0v) is 11.4. The van der Waals surface area contributed by atoms with E-state index in [9.17, 15) is 9.59 Å². The van der Waals surface area contributed by atoms with E-state index in [1.807, 2.05) is 26.0 Å². The fraction of sp³-hybridized carbons (Fsp3) is 0.538. The number of carbonyl (C=O) groups excluding carboxylic acids is 1. The van der Waals surface area contributed by atoms with Crippen molar-refractivity contribution >= 4 is 23.2 Å². The monoisotopic (exact) mass is 267 g/mol. The van der Waals surface area contributed by atoms with Crippen LogP contribution in [0.1, 0.15) is 34.3 Å². The molecule has 0 radical (unpaired) electrons. The highest BCUT2D eigenvalue weighted by Crippen LogP contribution is 2.26. The molecule has 1 saturated heterocycles. The van der Waals surface area contributed by atoms with Gasteiger partial charge in [-0.15, -0.1) is 11.3 Å². The molecule has 1 fully saturated rings. The summed E-state index contributed by atoms with van der Waals surface area (Å²) in [5.74, 6) is -1.26. The summed E-state index contributed by atoms with van der Waals surface area (Å²) < 4.78 is 0. The lowest BCUT2D eigenvalue weighted by molar-refractivity contribution is -0.143. The minimum absolute atomic E-state index is 0.0356. The van der Waals surface area contributed by atoms with E-state index in [0.29, 0.717) is 17.8 Å². The lowest BCUT2D eigenvalue weighted by atomic mass is 9.93. The molecule has 1 amide bonds. The van der Waals surface area contributed by atoms with Crippen LogP contribution in [-0.2, 0) is 4.79 Å². The molecule has 2 unspecified atom stereocenters. The maximum Gasteiger partial charge on any atom is 0.308 e. The van der Waals surface area contributed by atoms with Crippen molar-refractivity contribution in [2.45, 2.75) is 32.7 Å². The fourth-order valence-corrected chi connectivity index (χ4v) is 3.11. The molecule has 1 aromatic rings. The van der Waals surface area contributed by atoms with Gasteiger partial charge in [0, 0.05) is 17.5 Å². The van der Waals surface area contributed by atoms with Crippen LogP contribution < -0.4 is 0 Å². The van der Waals surface area contributed by atoms with Gasteiger partial charge in [-0.1, -0.05) is 0 Å². The Morgan fingerprint density at radius 2 is 2.11 bits per heavy atom. The Hall–Kier alpha value is -1.36. The van der Waals surface area contributed by atoms with Crippen LogP contribution in [0.15, 0.2) is 12.1 Å². The highest BCUT2D eigenvalue weighted by atomic mass is 32.1. The Morgan fingerprint density at radius 1 is 1.39 bits per heavy atom. The second-order valence-corrected chi connectivity index (χ2v) is 6.12. The van der Waals surface area contributed by atoms with Crippen LogP contribution in [0.25, 0.3) is 0 Å². The van der Waals surface area contributed by atoms with E-state index < -0.39 is 11.9 Å². The van der Waals surface area contributed by atoms with Crippen molar-refractivity contribution in [1.29, 1.82) is 0 Å². The van der Waals surface area contributed by atoms with Gasteiger partial charge in [-0.2, -0.15) is 0 Å². The standard InChI is InChI=1S/C13H17NO3S/c1-8-3-5-10(13(16)17)7-14(8)12(15)11-6-4-9(2)18-11/h4,6,8,10H,3,5,7H2,1-2H3,(H,16,17). The molecule has 18 heavy (non-hydrogen) atoms. The molecule has 0 aromatic carbocycles. The van der Waals surface area contributed by atoms with Gasteiger partial charge in [-0.25, -0.2) is 0 Å². The first kappa shape index (κ1) is 13.1. The molecule has 1 N–H and O–H groups in total. The van der Waals surface area contributed by atoms with Crippen molar-refractivity contribution in [2.75, 3.05) is 6.54 Å². The number of thiophene rings is 1. The Balaban J connectivity index is 2.15. The Kier molecular flexibility index (Phi) is 3.71. The first-order chi connectivity index (χ1) is 8.49. The number of carboxylic acids is 1. The quantitative estimate of drug-likeness (QED) is 0.895. The van der Waals surface area contributed by atoms with Gasteiger partial charge >= 0.3 is 5.97 Å². The minimum Gasteiger partial charge on any atom is -0.481 e. The molecule has 5 heteroatoms. The second kappa shape index (κ2) is 5.10. The smallest absolute Gasteiger partial charge is 0.308 e. The minimum atomic E-state index is -0.804. The van der Waals surface area contributed by atoms with Gasteiger partial charge in [0.05, 0.1) is 10.8 Å². The fourth-order valence-electron chi connectivity index (χ4n) is 2.28. The molecule has 0 bridgehead atoms. The summed E-state index contributed by atoms with van der Waals surface area (Å²) in [4.78, 5) is 26.9. The molecule has 0 saturated carbocycles. The highest BCUT2D eigenvalue weighted by molar-refractivity contribution is 7.13. The number of hydrogen-bond donors (Lipinski definition) is 1. The zero-order chi connectivity index (χ0) is 13.3. The van der Waals surface area contributed by atoms with E-state index in [4.69, 9.17) is 5.11 Å². The lowest BCUT2D eigenvalue weighted by Gasteiger charge is -2.36. The summed E-state index contributed by atoms with van der Waals surface area (Å²) >= 11 is 1.46. The Bertz CT molecular complexity index is 469. The Morgan fingerprint density at radius 3 is 2.67 bits per heavy atom. The number of piperidine rings is 1. The third-order valence-electron chi connectivity index (χ3n) is 3.44. The van der Waals surface area contributed by atoms with Crippen molar-refractivity contribution in [2.24, 2.45) is 5.92 Å². The van der Waals surface area contributed by atoms with Crippen molar-refractivity contribution in [3.05, 3.63) is 21.9 Å². The van der Waals surface area contributed by atoms with Crippen LogP contribution in [0.3, 0.4) is 0 Å². The number of rotatable bonds is 2. The molecular weight excluding hydrogens is 250 g/mol. The number of amides is 1. The van der Waals surface area contributed by atoms with Gasteiger partial charge in [-0.05, 0) is 38.8 Å². The molecule has 2 atom stereocenters. The van der Waals surface area contributed by atoms with Crippen LogP contribution in [0.2, 0.25) is 0 Å². The van der Waals surface area contributed by atoms with E-state index >= 15 is 0 Å². The highest BCUT2D eigenvalue weighted by Gasteiger charge is 2.33. The maximum atomic E-state index is 12.3. The molecular formula is C13H17NO3S. The van der Waals surface area contributed by atoms with E-state index in [1.54, 1.807) is 4.90 Å². The lowest BCUT2D eigenvalue weighted by Crippen LogP contribution is -2.47. The SMILES string of the molecule is Cc1ccc(C(=O)N2CC(C(=O)O)CCC2C)s1. The number of aliphatic carboxylic acids is 1. The first-order valence-electron chi connectivity index (χ1n) is 6.09. The molecule has 2 heterocycles. The molecule has 1 aliphatic heterocycles. The second-order valence-electron chi connectivity index (χ2n) is 4.83. The van der Waals surface area contributed by atoms with E-state index in [1.165, 1.54) is 11.3 Å². The predicted octanol–water partition coefficient (Wildman–Crippen LogP) is 2.38. The van der Waals surface area contributed by atoms with Crippen molar-refractivity contribution in [3.63, 3.8) is 0 Å². The van der Waals surface area contributed by atoms with E-state index in [0.717, 1.165) is 11.3 Å². The van der Waals surface area contributed by atoms with Gasteiger partial charge in [0.2, 0.25) is 0 Å². The van der Waals surface area contributed by atoms with E-state index in [2.05, 4.69) is 0 Å². The summed E-state index contributed by atoms with van der Waals surface area (Å²) in [6.07, 6.45) is 1.41. The van der Waals surface area contributed by atoms with Gasteiger partial charge in [0.15, 0.2) is 0 Å². The molecule has 2 rings (SSSR count). The van der Waals surface area contributed by atoms with Crippen LogP contribution in [0, 0.1) is 12.8 Å². The van der Waals surface area contributed by atoms with Gasteiger partial charge < -0.3 is 10.0 Å². The van der Waals surface area contributed by atoms with Crippen LogP contribution >= 0.6 is 11.3 Å². The number of carbonyl (C=O) groups is 2. The van der Waals surface area contributed by atoms with Crippen molar-refractivity contribution < 1.29 is 14.7 Å². The largest absolute Gasteiger partial charge is 0.481 e. The van der Waals surface area contributed by atoms with Crippen LogP contribution in [0.4, 0.5) is 0 Å². The van der Waals surface area contributed by atoms with Crippen molar-refractivity contribution in [3.8, 4) is 0 Å². The van der Waals surface area contributed by atoms with Crippen LogP contribution in [-0.4, -0.2) is 34.5 Å². The number of carboxylic acid groups (broad SMARTS) is 1. The molecule has 98 valence electrons. The number of aryl methyl sites for hydroxylation is 1. The number of likely N-dealkylation sites (tertiary alicyclic amines) is 1. The summed E-state index contributed by atoms with van der Waals surface area (Å²) in [5.41, 5.74) is 0.